The summed E-state index contributed by atoms with van der Waals surface area (Å²) in [5.74, 6) is 0.709. The van der Waals surface area contributed by atoms with Crippen molar-refractivity contribution in [3.05, 3.63) is 46.0 Å². The first-order valence-electron chi connectivity index (χ1n) is 6.96. The molecule has 1 aromatic carbocycles. The SMILES string of the molecule is Cn1cnc(CNC2CCCOc3c2ccc(Cl)c3Cl)c1. The van der Waals surface area contributed by atoms with Crippen molar-refractivity contribution >= 4 is 23.2 Å². The number of halogens is 2. The third kappa shape index (κ3) is 3.18. The third-order valence-electron chi connectivity index (χ3n) is 3.63. The van der Waals surface area contributed by atoms with Crippen molar-refractivity contribution < 1.29 is 4.74 Å². The summed E-state index contributed by atoms with van der Waals surface area (Å²) in [6.07, 6.45) is 5.79. The van der Waals surface area contributed by atoms with E-state index in [9.17, 15) is 0 Å². The van der Waals surface area contributed by atoms with E-state index in [4.69, 9.17) is 27.9 Å². The fraction of sp³-hybridized carbons (Fsp3) is 0.400. The van der Waals surface area contributed by atoms with Crippen molar-refractivity contribution in [1.82, 2.24) is 14.9 Å². The summed E-state index contributed by atoms with van der Waals surface area (Å²) in [6, 6.07) is 4.01. The van der Waals surface area contributed by atoms with Gasteiger partial charge in [-0.3, -0.25) is 0 Å². The van der Waals surface area contributed by atoms with Gasteiger partial charge in [-0.05, 0) is 18.9 Å². The second-order valence-electron chi connectivity index (χ2n) is 5.23. The van der Waals surface area contributed by atoms with Crippen molar-refractivity contribution in [3.63, 3.8) is 0 Å². The van der Waals surface area contributed by atoms with E-state index in [2.05, 4.69) is 10.3 Å². The number of aromatic nitrogens is 2. The van der Waals surface area contributed by atoms with E-state index in [0.29, 0.717) is 28.9 Å². The van der Waals surface area contributed by atoms with Crippen LogP contribution in [0.1, 0.15) is 30.1 Å². The molecule has 1 aliphatic rings. The minimum Gasteiger partial charge on any atom is -0.492 e. The minimum absolute atomic E-state index is 0.194. The van der Waals surface area contributed by atoms with Gasteiger partial charge in [0.25, 0.3) is 0 Å². The fourth-order valence-corrected chi connectivity index (χ4v) is 2.96. The van der Waals surface area contributed by atoms with E-state index in [1.165, 1.54) is 0 Å². The summed E-state index contributed by atoms with van der Waals surface area (Å²) >= 11 is 12.3. The van der Waals surface area contributed by atoms with Gasteiger partial charge in [-0.2, -0.15) is 0 Å². The molecule has 0 bridgehead atoms. The van der Waals surface area contributed by atoms with Crippen LogP contribution in [0.3, 0.4) is 0 Å². The molecule has 0 aliphatic carbocycles. The molecule has 21 heavy (non-hydrogen) atoms. The lowest BCUT2D eigenvalue weighted by molar-refractivity contribution is 0.315. The number of rotatable bonds is 3. The van der Waals surface area contributed by atoms with Gasteiger partial charge in [-0.25, -0.2) is 4.98 Å². The van der Waals surface area contributed by atoms with Crippen LogP contribution in [0.4, 0.5) is 0 Å². The Morgan fingerprint density at radius 3 is 3.05 bits per heavy atom. The van der Waals surface area contributed by atoms with E-state index >= 15 is 0 Å². The molecule has 4 nitrogen and oxygen atoms in total. The molecule has 2 aromatic rings. The molecule has 3 rings (SSSR count). The van der Waals surface area contributed by atoms with Gasteiger partial charge in [0.15, 0.2) is 0 Å². The highest BCUT2D eigenvalue weighted by atomic mass is 35.5. The maximum absolute atomic E-state index is 6.27. The van der Waals surface area contributed by atoms with Crippen LogP contribution in [0.15, 0.2) is 24.7 Å². The Labute approximate surface area is 134 Å². The van der Waals surface area contributed by atoms with Crippen LogP contribution < -0.4 is 10.1 Å². The zero-order valence-corrected chi connectivity index (χ0v) is 13.3. The molecule has 112 valence electrons. The van der Waals surface area contributed by atoms with Crippen molar-refractivity contribution in [3.8, 4) is 5.75 Å². The average molecular weight is 326 g/mol. The molecule has 0 fully saturated rings. The monoisotopic (exact) mass is 325 g/mol. The predicted molar refractivity (Wildman–Crippen MR) is 84.0 cm³/mol. The Kier molecular flexibility index (Phi) is 4.38. The lowest BCUT2D eigenvalue weighted by Crippen LogP contribution is -2.20. The van der Waals surface area contributed by atoms with Crippen LogP contribution >= 0.6 is 23.2 Å². The van der Waals surface area contributed by atoms with E-state index in [0.717, 1.165) is 24.1 Å². The maximum Gasteiger partial charge on any atom is 0.144 e. The van der Waals surface area contributed by atoms with Crippen molar-refractivity contribution in [2.45, 2.75) is 25.4 Å². The minimum atomic E-state index is 0.194. The molecule has 1 N–H and O–H groups in total. The molecule has 1 aliphatic heterocycles. The van der Waals surface area contributed by atoms with Crippen LogP contribution in [-0.2, 0) is 13.6 Å². The standard InChI is InChI=1S/C15H17Cl2N3O/c1-20-8-10(19-9-20)7-18-13-3-2-6-21-15-11(13)4-5-12(16)14(15)17/h4-5,8-9,13,18H,2-3,6-7H2,1H3. The molecule has 1 unspecified atom stereocenters. The topological polar surface area (TPSA) is 39.1 Å². The third-order valence-corrected chi connectivity index (χ3v) is 4.41. The summed E-state index contributed by atoms with van der Waals surface area (Å²) in [6.45, 7) is 1.38. The molecule has 0 radical (unpaired) electrons. The Morgan fingerprint density at radius 1 is 1.43 bits per heavy atom. The summed E-state index contributed by atoms with van der Waals surface area (Å²) in [5, 5.41) is 4.57. The smallest absolute Gasteiger partial charge is 0.144 e. The van der Waals surface area contributed by atoms with Crippen molar-refractivity contribution in [1.29, 1.82) is 0 Å². The van der Waals surface area contributed by atoms with Crippen molar-refractivity contribution in [2.24, 2.45) is 7.05 Å². The molecule has 0 saturated carbocycles. The second-order valence-corrected chi connectivity index (χ2v) is 6.02. The summed E-state index contributed by atoms with van der Waals surface area (Å²) in [5.41, 5.74) is 2.09. The molecule has 2 heterocycles. The molecular weight excluding hydrogens is 309 g/mol. The first-order chi connectivity index (χ1) is 10.1. The number of hydrogen-bond acceptors (Lipinski definition) is 3. The summed E-state index contributed by atoms with van der Waals surface area (Å²) in [4.78, 5) is 4.33. The Bertz CT molecular complexity index is 642. The van der Waals surface area contributed by atoms with E-state index in [-0.39, 0.29) is 6.04 Å². The molecule has 6 heteroatoms. The van der Waals surface area contributed by atoms with Crippen molar-refractivity contribution in [2.75, 3.05) is 6.61 Å². The highest BCUT2D eigenvalue weighted by Gasteiger charge is 2.23. The van der Waals surface area contributed by atoms with Gasteiger partial charge in [0.05, 0.1) is 23.7 Å². The number of fused-ring (bicyclic) bond motifs is 1. The Hall–Kier alpha value is -1.23. The zero-order valence-electron chi connectivity index (χ0n) is 11.8. The quantitative estimate of drug-likeness (QED) is 0.934. The number of ether oxygens (including phenoxy) is 1. The fourth-order valence-electron chi connectivity index (χ4n) is 2.58. The van der Waals surface area contributed by atoms with Gasteiger partial charge in [0.1, 0.15) is 10.8 Å². The van der Waals surface area contributed by atoms with E-state index in [1.807, 2.05) is 29.9 Å². The lowest BCUT2D eigenvalue weighted by atomic mass is 10.0. The van der Waals surface area contributed by atoms with Gasteiger partial charge < -0.3 is 14.6 Å². The van der Waals surface area contributed by atoms with Crippen LogP contribution in [0.5, 0.6) is 5.75 Å². The van der Waals surface area contributed by atoms with Gasteiger partial charge in [0.2, 0.25) is 0 Å². The van der Waals surface area contributed by atoms with Gasteiger partial charge >= 0.3 is 0 Å². The summed E-state index contributed by atoms with van der Waals surface area (Å²) < 4.78 is 7.71. The van der Waals surface area contributed by atoms with Gasteiger partial charge in [0, 0.05) is 31.4 Å². The molecule has 1 atom stereocenters. The lowest BCUT2D eigenvalue weighted by Gasteiger charge is -2.19. The van der Waals surface area contributed by atoms with Crippen LogP contribution in [0, 0.1) is 0 Å². The van der Waals surface area contributed by atoms with Crippen LogP contribution in [0.2, 0.25) is 10.0 Å². The zero-order chi connectivity index (χ0) is 14.8. The Morgan fingerprint density at radius 2 is 2.29 bits per heavy atom. The Balaban J connectivity index is 1.81. The number of imidazole rings is 1. The number of nitrogens with one attached hydrogen (secondary N) is 1. The van der Waals surface area contributed by atoms with E-state index < -0.39 is 0 Å². The first-order valence-corrected chi connectivity index (χ1v) is 7.71. The molecule has 0 spiro atoms. The van der Waals surface area contributed by atoms with Gasteiger partial charge in [-0.1, -0.05) is 29.3 Å². The first kappa shape index (κ1) is 14.7. The molecule has 0 saturated heterocycles. The number of nitrogens with zero attached hydrogens (tertiary/aromatic N) is 2. The van der Waals surface area contributed by atoms with Crippen LogP contribution in [-0.4, -0.2) is 16.2 Å². The summed E-state index contributed by atoms with van der Waals surface area (Å²) in [7, 11) is 1.97. The van der Waals surface area contributed by atoms with Crippen LogP contribution in [0.25, 0.3) is 0 Å². The molecule has 1 aromatic heterocycles. The number of hydrogen-bond donors (Lipinski definition) is 1. The average Bonchev–Trinajstić information content (AvgIpc) is 2.77. The predicted octanol–water partition coefficient (Wildman–Crippen LogP) is 3.73. The highest BCUT2D eigenvalue weighted by molar-refractivity contribution is 6.43. The number of aryl methyl sites for hydroxylation is 1. The number of benzene rings is 1. The van der Waals surface area contributed by atoms with Gasteiger partial charge in [-0.15, -0.1) is 0 Å². The second kappa shape index (κ2) is 6.26. The highest BCUT2D eigenvalue weighted by Crippen LogP contribution is 2.40. The molecule has 0 amide bonds. The maximum atomic E-state index is 6.27. The normalized spacial score (nSPS) is 18.0. The molecular formula is C15H17Cl2N3O. The largest absolute Gasteiger partial charge is 0.492 e. The van der Waals surface area contributed by atoms with E-state index in [1.54, 1.807) is 6.33 Å².